The van der Waals surface area contributed by atoms with E-state index < -0.39 is 10.8 Å². The first-order chi connectivity index (χ1) is 31.8. The van der Waals surface area contributed by atoms with E-state index in [2.05, 4.69) is 240 Å². The average molecular weight is 811 g/mol. The molecule has 0 fully saturated rings. The Balaban J connectivity index is 1.06. The number of benzene rings is 10. The van der Waals surface area contributed by atoms with Gasteiger partial charge in [0.15, 0.2) is 0 Å². The first kappa shape index (κ1) is 34.4. The normalized spacial score (nSPS) is 14.5. The van der Waals surface area contributed by atoms with Crippen molar-refractivity contribution in [3.63, 3.8) is 0 Å². The summed E-state index contributed by atoms with van der Waals surface area (Å²) in [6.07, 6.45) is 0. The van der Waals surface area contributed by atoms with Crippen LogP contribution in [0.2, 0.25) is 0 Å². The molecule has 2 nitrogen and oxygen atoms in total. The topological polar surface area (TPSA) is 9.86 Å². The minimum absolute atomic E-state index is 0.476. The van der Waals surface area contributed by atoms with Crippen molar-refractivity contribution in [1.29, 1.82) is 0 Å². The number of nitrogens with zero attached hydrogens (tertiary/aromatic N) is 2. The molecule has 2 spiro atoms. The highest BCUT2D eigenvalue weighted by molar-refractivity contribution is 6.14. The Morgan fingerprint density at radius 1 is 0.219 bits per heavy atom. The van der Waals surface area contributed by atoms with Crippen LogP contribution in [0.25, 0.3) is 77.2 Å². The summed E-state index contributed by atoms with van der Waals surface area (Å²) in [5.41, 5.74) is 22.2. The van der Waals surface area contributed by atoms with E-state index >= 15 is 0 Å². The number of aromatic nitrogens is 2. The van der Waals surface area contributed by atoms with Crippen LogP contribution in [0, 0.1) is 0 Å². The lowest BCUT2D eigenvalue weighted by Gasteiger charge is -2.48. The first-order valence-corrected chi connectivity index (χ1v) is 22.4. The van der Waals surface area contributed by atoms with E-state index in [0.717, 1.165) is 11.4 Å². The van der Waals surface area contributed by atoms with Gasteiger partial charge in [-0.1, -0.05) is 176 Å². The maximum atomic E-state index is 2.57. The second kappa shape index (κ2) is 12.2. The van der Waals surface area contributed by atoms with E-state index in [1.54, 1.807) is 0 Å². The molecule has 0 aliphatic heterocycles. The molecule has 15 rings (SSSR count). The molecule has 3 aliphatic rings. The monoisotopic (exact) mass is 810 g/mol. The predicted octanol–water partition coefficient (Wildman–Crippen LogP) is 14.9. The highest BCUT2D eigenvalue weighted by Crippen LogP contribution is 2.67. The molecule has 2 heteroatoms. The maximum Gasteiger partial charge on any atom is 0.0720 e. The van der Waals surface area contributed by atoms with Gasteiger partial charge in [0.1, 0.15) is 0 Å². The SMILES string of the molecule is c1ccc(-n2c3ccccc3c3cc(-n4c5ccccc5c5cc6c(cc54)C4(c5ccccc5-6)c5ccccc5C5(c6ccccc6-c6ccccc65)c5ccccc54)ccc32)cc1. The van der Waals surface area contributed by atoms with Crippen LogP contribution < -0.4 is 0 Å². The lowest BCUT2D eigenvalue weighted by atomic mass is 9.52. The van der Waals surface area contributed by atoms with Crippen molar-refractivity contribution in [2.75, 3.05) is 0 Å². The number of fused-ring (bicyclic) bond motifs is 22. The zero-order valence-electron chi connectivity index (χ0n) is 34.8. The molecule has 10 aromatic carbocycles. The van der Waals surface area contributed by atoms with Crippen LogP contribution in [0.5, 0.6) is 0 Å². The van der Waals surface area contributed by atoms with Crippen molar-refractivity contribution < 1.29 is 0 Å². The molecule has 12 aromatic rings. The molecule has 2 heterocycles. The van der Waals surface area contributed by atoms with E-state index in [-0.39, 0.29) is 0 Å². The molecule has 0 atom stereocenters. The molecule has 0 unspecified atom stereocenters. The number of hydrogen-bond acceptors (Lipinski definition) is 0. The van der Waals surface area contributed by atoms with Gasteiger partial charge in [-0.2, -0.15) is 0 Å². The third kappa shape index (κ3) is 3.99. The van der Waals surface area contributed by atoms with Crippen molar-refractivity contribution in [3.8, 4) is 33.6 Å². The molecule has 0 bridgehead atoms. The largest absolute Gasteiger partial charge is 0.309 e. The Hall–Kier alpha value is -8.20. The van der Waals surface area contributed by atoms with Gasteiger partial charge >= 0.3 is 0 Å². The summed E-state index contributed by atoms with van der Waals surface area (Å²) in [6, 6.07) is 87.1. The summed E-state index contributed by atoms with van der Waals surface area (Å²) >= 11 is 0. The lowest BCUT2D eigenvalue weighted by Crippen LogP contribution is -2.43. The smallest absolute Gasteiger partial charge is 0.0720 e. The second-order valence-electron chi connectivity index (χ2n) is 17.9. The summed E-state index contributed by atoms with van der Waals surface area (Å²) in [6.45, 7) is 0. The van der Waals surface area contributed by atoms with E-state index in [1.807, 2.05) is 0 Å². The standard InChI is InChI=1S/C62H38N2/c1-2-18-39(19-3-1)63-57-32-16-7-23-44(57)47-36-40(34-35-59(47)63)64-58-33-17-8-24-45(58)48-37-46-43-22-6-11-27-51(43)62(56(46)38-60(48)64)54-30-14-12-28-52(54)61(53-29-13-15-31-55(53)62)49-25-9-4-20-41(49)42-21-5-10-26-50(42)61/h1-38H. The summed E-state index contributed by atoms with van der Waals surface area (Å²) in [4.78, 5) is 0. The highest BCUT2D eigenvalue weighted by Gasteiger charge is 2.59. The van der Waals surface area contributed by atoms with Gasteiger partial charge in [-0.05, 0) is 121 Å². The first-order valence-electron chi connectivity index (χ1n) is 22.4. The van der Waals surface area contributed by atoms with Gasteiger partial charge in [0, 0.05) is 32.9 Å². The Labute approximate surface area is 370 Å². The van der Waals surface area contributed by atoms with E-state index in [9.17, 15) is 0 Å². The highest BCUT2D eigenvalue weighted by atomic mass is 15.0. The van der Waals surface area contributed by atoms with Crippen LogP contribution in [0.15, 0.2) is 231 Å². The molecule has 64 heavy (non-hydrogen) atoms. The zero-order valence-corrected chi connectivity index (χ0v) is 34.8. The predicted molar refractivity (Wildman–Crippen MR) is 263 cm³/mol. The van der Waals surface area contributed by atoms with Crippen molar-refractivity contribution >= 4 is 43.6 Å². The molecular weight excluding hydrogens is 773 g/mol. The Kier molecular flexibility index (Phi) is 6.58. The van der Waals surface area contributed by atoms with Gasteiger partial charge in [0.25, 0.3) is 0 Å². The third-order valence-corrected chi connectivity index (χ3v) is 15.2. The molecular formula is C62H38N2. The zero-order chi connectivity index (χ0) is 41.7. The fraction of sp³-hybridized carbons (Fsp3) is 0.0323. The summed E-state index contributed by atoms with van der Waals surface area (Å²) in [7, 11) is 0. The van der Waals surface area contributed by atoms with E-state index in [0.29, 0.717) is 0 Å². The minimum Gasteiger partial charge on any atom is -0.309 e. The van der Waals surface area contributed by atoms with Crippen LogP contribution >= 0.6 is 0 Å². The van der Waals surface area contributed by atoms with Gasteiger partial charge in [0.2, 0.25) is 0 Å². The number of para-hydroxylation sites is 3. The minimum atomic E-state index is -0.570. The Bertz CT molecular complexity index is 3880. The van der Waals surface area contributed by atoms with Gasteiger partial charge in [-0.15, -0.1) is 0 Å². The number of hydrogen-bond donors (Lipinski definition) is 0. The fourth-order valence-corrected chi connectivity index (χ4v) is 12.9. The van der Waals surface area contributed by atoms with Crippen LogP contribution in [-0.2, 0) is 10.8 Å². The van der Waals surface area contributed by atoms with Crippen LogP contribution in [0.1, 0.15) is 44.5 Å². The number of rotatable bonds is 2. The summed E-state index contributed by atoms with van der Waals surface area (Å²) < 4.78 is 4.93. The summed E-state index contributed by atoms with van der Waals surface area (Å²) in [5, 5.41) is 5.01. The van der Waals surface area contributed by atoms with Gasteiger partial charge in [0.05, 0.1) is 32.9 Å². The van der Waals surface area contributed by atoms with Crippen molar-refractivity contribution in [2.24, 2.45) is 0 Å². The molecule has 0 saturated heterocycles. The third-order valence-electron chi connectivity index (χ3n) is 15.2. The second-order valence-corrected chi connectivity index (χ2v) is 17.9. The molecule has 0 N–H and O–H groups in total. The molecule has 0 saturated carbocycles. The Morgan fingerprint density at radius 3 is 1.16 bits per heavy atom. The van der Waals surface area contributed by atoms with Crippen LogP contribution in [0.4, 0.5) is 0 Å². The fourth-order valence-electron chi connectivity index (χ4n) is 12.9. The summed E-state index contributed by atoms with van der Waals surface area (Å²) in [5.74, 6) is 0. The van der Waals surface area contributed by atoms with Crippen molar-refractivity contribution in [1.82, 2.24) is 9.13 Å². The van der Waals surface area contributed by atoms with Gasteiger partial charge in [-0.25, -0.2) is 0 Å². The molecule has 2 aromatic heterocycles. The maximum absolute atomic E-state index is 2.57. The lowest BCUT2D eigenvalue weighted by molar-refractivity contribution is 0.633. The van der Waals surface area contributed by atoms with E-state index in [1.165, 1.54) is 110 Å². The van der Waals surface area contributed by atoms with Crippen molar-refractivity contribution in [2.45, 2.75) is 10.8 Å². The van der Waals surface area contributed by atoms with Gasteiger partial charge in [-0.3, -0.25) is 0 Å². The van der Waals surface area contributed by atoms with Crippen LogP contribution in [-0.4, -0.2) is 9.13 Å². The molecule has 0 amide bonds. The average Bonchev–Trinajstić information content (AvgIpc) is 4.06. The molecule has 296 valence electrons. The van der Waals surface area contributed by atoms with Crippen molar-refractivity contribution in [3.05, 3.63) is 275 Å². The van der Waals surface area contributed by atoms with E-state index in [4.69, 9.17) is 0 Å². The molecule has 0 radical (unpaired) electrons. The molecule has 3 aliphatic carbocycles. The Morgan fingerprint density at radius 2 is 0.609 bits per heavy atom. The quantitative estimate of drug-likeness (QED) is 0.165. The van der Waals surface area contributed by atoms with Crippen LogP contribution in [0.3, 0.4) is 0 Å². The van der Waals surface area contributed by atoms with Gasteiger partial charge < -0.3 is 9.13 Å².